The average molecular weight is 323 g/mol. The number of hydrogen-bond donors (Lipinski definition) is 3. The lowest BCUT2D eigenvalue weighted by Gasteiger charge is -2.34. The Morgan fingerprint density at radius 1 is 1.38 bits per heavy atom. The molecule has 0 bridgehead atoms. The fraction of sp³-hybridized carbons (Fsp3) is 0.250. The molecule has 8 heteroatoms. The maximum absolute atomic E-state index is 12.0. The third kappa shape index (κ3) is 2.41. The molecule has 3 heterocycles. The molecule has 1 amide bonds. The minimum atomic E-state index is 0.0182. The highest BCUT2D eigenvalue weighted by molar-refractivity contribution is 5.93. The van der Waals surface area contributed by atoms with Crippen LogP contribution in [0.3, 0.4) is 0 Å². The quantitative estimate of drug-likeness (QED) is 0.655. The second-order valence-corrected chi connectivity index (χ2v) is 5.87. The number of rotatable bonds is 2. The summed E-state index contributed by atoms with van der Waals surface area (Å²) in [6, 6.07) is 7.97. The summed E-state index contributed by atoms with van der Waals surface area (Å²) in [5.41, 5.74) is 8.45. The van der Waals surface area contributed by atoms with E-state index >= 15 is 0 Å². The van der Waals surface area contributed by atoms with Crippen molar-refractivity contribution in [3.8, 4) is 0 Å². The molecule has 1 unspecified atom stereocenters. The molecule has 1 aliphatic rings. The molecule has 24 heavy (non-hydrogen) atoms. The maximum atomic E-state index is 12.0. The van der Waals surface area contributed by atoms with Gasteiger partial charge in [-0.15, -0.1) is 0 Å². The molecule has 0 saturated heterocycles. The molecule has 1 aliphatic heterocycles. The molecule has 0 fully saturated rings. The van der Waals surface area contributed by atoms with E-state index in [0.717, 1.165) is 23.1 Å². The molecule has 8 nitrogen and oxygen atoms in total. The number of carbonyl (C=O) groups excluding carboxylic acids is 1. The summed E-state index contributed by atoms with van der Waals surface area (Å²) >= 11 is 0. The Bertz CT molecular complexity index is 920. The van der Waals surface area contributed by atoms with Crippen LogP contribution in [0.5, 0.6) is 0 Å². The van der Waals surface area contributed by atoms with Gasteiger partial charge in [-0.1, -0.05) is 18.2 Å². The monoisotopic (exact) mass is 323 g/mol. The number of nitrogens with one attached hydrogen (secondary N) is 2. The number of aromatic amines is 1. The van der Waals surface area contributed by atoms with Crippen LogP contribution in [0.2, 0.25) is 0 Å². The number of aromatic nitrogens is 4. The van der Waals surface area contributed by atoms with Gasteiger partial charge in [0, 0.05) is 25.2 Å². The van der Waals surface area contributed by atoms with E-state index < -0.39 is 0 Å². The lowest BCUT2D eigenvalue weighted by molar-refractivity contribution is -0.116. The second kappa shape index (κ2) is 5.48. The van der Waals surface area contributed by atoms with Gasteiger partial charge in [-0.3, -0.25) is 9.89 Å². The zero-order chi connectivity index (χ0) is 16.7. The Morgan fingerprint density at radius 3 is 3.04 bits per heavy atom. The van der Waals surface area contributed by atoms with Crippen LogP contribution in [0.25, 0.3) is 11.0 Å². The van der Waals surface area contributed by atoms with E-state index in [4.69, 9.17) is 5.73 Å². The Hall–Kier alpha value is -3.16. The number of benzene rings is 1. The van der Waals surface area contributed by atoms with Gasteiger partial charge in [0.05, 0.1) is 11.6 Å². The molecular weight excluding hydrogens is 306 g/mol. The SMILES string of the molecule is CC(=O)N1CC(Nc2nc(N)nc3[nH]ncc23)Cc2ccccc21. The van der Waals surface area contributed by atoms with Crippen molar-refractivity contribution in [1.82, 2.24) is 20.2 Å². The predicted octanol–water partition coefficient (Wildman–Crippen LogP) is 1.32. The van der Waals surface area contributed by atoms with Gasteiger partial charge in [0.1, 0.15) is 5.82 Å². The van der Waals surface area contributed by atoms with Gasteiger partial charge in [-0.2, -0.15) is 15.1 Å². The zero-order valence-electron chi connectivity index (χ0n) is 13.2. The highest BCUT2D eigenvalue weighted by Gasteiger charge is 2.27. The number of nitrogen functional groups attached to an aromatic ring is 1. The van der Waals surface area contributed by atoms with Gasteiger partial charge in [0.25, 0.3) is 0 Å². The number of H-pyrrole nitrogens is 1. The Balaban J connectivity index is 1.68. The normalized spacial score (nSPS) is 16.9. The third-order valence-corrected chi connectivity index (χ3v) is 4.20. The summed E-state index contributed by atoms with van der Waals surface area (Å²) in [5, 5.41) is 10.9. The van der Waals surface area contributed by atoms with E-state index in [1.807, 2.05) is 24.3 Å². The van der Waals surface area contributed by atoms with Crippen molar-refractivity contribution in [3.05, 3.63) is 36.0 Å². The van der Waals surface area contributed by atoms with Gasteiger partial charge < -0.3 is 16.0 Å². The highest BCUT2D eigenvalue weighted by Crippen LogP contribution is 2.29. The van der Waals surface area contributed by atoms with Crippen LogP contribution >= 0.6 is 0 Å². The smallest absolute Gasteiger partial charge is 0.224 e. The molecule has 122 valence electrons. The Labute approximate surface area is 138 Å². The van der Waals surface area contributed by atoms with Gasteiger partial charge >= 0.3 is 0 Å². The van der Waals surface area contributed by atoms with Crippen LogP contribution in [-0.4, -0.2) is 38.7 Å². The van der Waals surface area contributed by atoms with E-state index in [0.29, 0.717) is 18.0 Å². The number of carbonyl (C=O) groups is 1. The summed E-state index contributed by atoms with van der Waals surface area (Å²) in [7, 11) is 0. The van der Waals surface area contributed by atoms with Crippen LogP contribution in [0.15, 0.2) is 30.5 Å². The summed E-state index contributed by atoms with van der Waals surface area (Å²) < 4.78 is 0. The number of amides is 1. The number of nitrogens with zero attached hydrogens (tertiary/aromatic N) is 4. The van der Waals surface area contributed by atoms with Crippen molar-refractivity contribution in [3.63, 3.8) is 0 Å². The van der Waals surface area contributed by atoms with Crippen molar-refractivity contribution in [1.29, 1.82) is 0 Å². The van der Waals surface area contributed by atoms with Crippen molar-refractivity contribution < 1.29 is 4.79 Å². The molecule has 4 N–H and O–H groups in total. The number of para-hydroxylation sites is 1. The number of nitrogens with two attached hydrogens (primary N) is 1. The molecule has 0 spiro atoms. The fourth-order valence-corrected chi connectivity index (χ4v) is 3.15. The van der Waals surface area contributed by atoms with Crippen LogP contribution in [0.4, 0.5) is 17.5 Å². The third-order valence-electron chi connectivity index (χ3n) is 4.20. The largest absolute Gasteiger partial charge is 0.368 e. The fourth-order valence-electron chi connectivity index (χ4n) is 3.15. The first-order valence-corrected chi connectivity index (χ1v) is 7.71. The van der Waals surface area contributed by atoms with Gasteiger partial charge in [-0.25, -0.2) is 0 Å². The first-order chi connectivity index (χ1) is 11.6. The maximum Gasteiger partial charge on any atom is 0.224 e. The molecule has 0 radical (unpaired) electrons. The second-order valence-electron chi connectivity index (χ2n) is 5.87. The first kappa shape index (κ1) is 14.4. The van der Waals surface area contributed by atoms with E-state index in [1.54, 1.807) is 18.0 Å². The van der Waals surface area contributed by atoms with E-state index in [1.165, 1.54) is 0 Å². The number of fused-ring (bicyclic) bond motifs is 2. The summed E-state index contributed by atoms with van der Waals surface area (Å²) in [6.45, 7) is 2.14. The van der Waals surface area contributed by atoms with Crippen molar-refractivity contribution in [2.45, 2.75) is 19.4 Å². The Kier molecular flexibility index (Phi) is 3.30. The average Bonchev–Trinajstić information content (AvgIpc) is 3.02. The van der Waals surface area contributed by atoms with Crippen LogP contribution in [0.1, 0.15) is 12.5 Å². The summed E-state index contributed by atoms with van der Waals surface area (Å²) in [5.74, 6) is 0.817. The minimum absolute atomic E-state index is 0.0182. The Morgan fingerprint density at radius 2 is 2.21 bits per heavy atom. The van der Waals surface area contributed by atoms with E-state index in [2.05, 4.69) is 25.5 Å². The number of hydrogen-bond acceptors (Lipinski definition) is 6. The summed E-state index contributed by atoms with van der Waals surface area (Å²) in [6.07, 6.45) is 2.46. The minimum Gasteiger partial charge on any atom is -0.368 e. The standard InChI is InChI=1S/C16H17N7O/c1-9(24)23-8-11(6-10-4-2-3-5-13(10)23)19-14-12-7-18-22-15(12)21-16(17)20-14/h2-5,7,11H,6,8H2,1H3,(H4,17,18,19,20,21,22). The topological polar surface area (TPSA) is 113 Å². The zero-order valence-corrected chi connectivity index (χ0v) is 13.2. The van der Waals surface area contributed by atoms with Crippen LogP contribution in [0, 0.1) is 0 Å². The van der Waals surface area contributed by atoms with Crippen molar-refractivity contribution in [2.24, 2.45) is 0 Å². The molecule has 3 aromatic rings. The highest BCUT2D eigenvalue weighted by atomic mass is 16.2. The number of anilines is 3. The van der Waals surface area contributed by atoms with Gasteiger partial charge in [-0.05, 0) is 18.1 Å². The van der Waals surface area contributed by atoms with Gasteiger partial charge in [0.15, 0.2) is 5.65 Å². The van der Waals surface area contributed by atoms with Crippen molar-refractivity contribution >= 4 is 34.4 Å². The lowest BCUT2D eigenvalue weighted by Crippen LogP contribution is -2.44. The van der Waals surface area contributed by atoms with Gasteiger partial charge in [0.2, 0.25) is 11.9 Å². The molecular formula is C16H17N7O. The van der Waals surface area contributed by atoms with E-state index in [-0.39, 0.29) is 17.9 Å². The molecule has 2 aromatic heterocycles. The van der Waals surface area contributed by atoms with Crippen LogP contribution < -0.4 is 16.0 Å². The van der Waals surface area contributed by atoms with Crippen molar-refractivity contribution in [2.75, 3.05) is 22.5 Å². The van der Waals surface area contributed by atoms with Crippen LogP contribution in [-0.2, 0) is 11.2 Å². The predicted molar refractivity (Wildman–Crippen MR) is 91.7 cm³/mol. The van der Waals surface area contributed by atoms with E-state index in [9.17, 15) is 4.79 Å². The lowest BCUT2D eigenvalue weighted by atomic mass is 9.97. The molecule has 0 saturated carbocycles. The summed E-state index contributed by atoms with van der Waals surface area (Å²) in [4.78, 5) is 22.2. The molecule has 1 atom stereocenters. The molecule has 1 aromatic carbocycles. The molecule has 4 rings (SSSR count). The first-order valence-electron chi connectivity index (χ1n) is 7.71. The molecule has 0 aliphatic carbocycles.